The van der Waals surface area contributed by atoms with Crippen molar-refractivity contribution >= 4 is 39.7 Å². The molecule has 13 heteroatoms. The van der Waals surface area contributed by atoms with Crippen LogP contribution in [0, 0.1) is 0 Å². The molecule has 35 heavy (non-hydrogen) atoms. The van der Waals surface area contributed by atoms with Crippen LogP contribution in [0.15, 0.2) is 52.6 Å². The molecule has 0 radical (unpaired) electrons. The Labute approximate surface area is 202 Å². The van der Waals surface area contributed by atoms with Gasteiger partial charge in [-0.1, -0.05) is 41.9 Å². The standard InChI is InChI=1S/C17H19N5O2.C5H3ClN4O/c23-16-20-13-14(21-16)18-11-19-15(13)22-8-6-17(24,7-9-22)10-12-4-2-1-3-5-12;6-3-2-4(8-1-7-3)10-5(11)9-2/h1-5,11,24H,6-10H2,(H2,18,19,20,21,23);1H,(H2,7,8,9,10,11). The highest BCUT2D eigenvalue weighted by atomic mass is 35.5. The van der Waals surface area contributed by atoms with Crippen molar-refractivity contribution in [3.63, 3.8) is 0 Å². The molecule has 0 atom stereocenters. The fourth-order valence-electron chi connectivity index (χ4n) is 4.19. The fraction of sp³-hybridized carbons (Fsp3) is 0.273. The lowest BCUT2D eigenvalue weighted by atomic mass is 9.85. The highest BCUT2D eigenvalue weighted by Crippen LogP contribution is 2.30. The first-order valence-corrected chi connectivity index (χ1v) is 11.3. The third-order valence-corrected chi connectivity index (χ3v) is 6.23. The second-order valence-electron chi connectivity index (χ2n) is 8.34. The zero-order valence-electron chi connectivity index (χ0n) is 18.5. The van der Waals surface area contributed by atoms with Gasteiger partial charge in [-0.2, -0.15) is 0 Å². The van der Waals surface area contributed by atoms with E-state index >= 15 is 0 Å². The molecule has 0 saturated carbocycles. The minimum absolute atomic E-state index is 0.244. The Hall–Kier alpha value is -4.03. The van der Waals surface area contributed by atoms with Crippen LogP contribution in [0.4, 0.5) is 5.82 Å². The minimum Gasteiger partial charge on any atom is -0.389 e. The predicted octanol–water partition coefficient (Wildman–Crippen LogP) is 1.52. The van der Waals surface area contributed by atoms with Crippen LogP contribution in [-0.2, 0) is 6.42 Å². The number of hydrogen-bond acceptors (Lipinski definition) is 8. The van der Waals surface area contributed by atoms with Crippen LogP contribution in [-0.4, -0.2) is 63.7 Å². The Kier molecular flexibility index (Phi) is 6.05. The van der Waals surface area contributed by atoms with E-state index in [0.29, 0.717) is 60.5 Å². The van der Waals surface area contributed by atoms with Gasteiger partial charge in [0.15, 0.2) is 22.3 Å². The summed E-state index contributed by atoms with van der Waals surface area (Å²) in [6.45, 7) is 1.37. The Balaban J connectivity index is 0.000000192. The maximum atomic E-state index is 11.5. The van der Waals surface area contributed by atoms with Crippen LogP contribution in [0.3, 0.4) is 0 Å². The van der Waals surface area contributed by atoms with E-state index in [9.17, 15) is 14.7 Å². The number of hydrogen-bond donors (Lipinski definition) is 5. The summed E-state index contributed by atoms with van der Waals surface area (Å²) in [5.74, 6) is 0.708. The van der Waals surface area contributed by atoms with Gasteiger partial charge in [0.25, 0.3) is 0 Å². The van der Waals surface area contributed by atoms with E-state index in [4.69, 9.17) is 11.6 Å². The predicted molar refractivity (Wildman–Crippen MR) is 131 cm³/mol. The molecule has 1 aromatic carbocycles. The molecule has 12 nitrogen and oxygen atoms in total. The van der Waals surface area contributed by atoms with Crippen LogP contribution in [0.25, 0.3) is 22.3 Å². The number of piperidine rings is 1. The van der Waals surface area contributed by atoms with Crippen molar-refractivity contribution in [3.05, 3.63) is 74.7 Å². The quantitative estimate of drug-likeness (QED) is 0.234. The second-order valence-corrected chi connectivity index (χ2v) is 8.70. The second kappa shape index (κ2) is 9.31. The first-order valence-electron chi connectivity index (χ1n) is 10.9. The molecule has 5 heterocycles. The van der Waals surface area contributed by atoms with E-state index in [1.54, 1.807) is 0 Å². The van der Waals surface area contributed by atoms with E-state index in [-0.39, 0.29) is 16.5 Å². The van der Waals surface area contributed by atoms with E-state index in [2.05, 4.69) is 44.8 Å². The van der Waals surface area contributed by atoms with Crippen molar-refractivity contribution in [2.45, 2.75) is 24.9 Å². The lowest BCUT2D eigenvalue weighted by molar-refractivity contribution is 0.0164. The number of rotatable bonds is 3. The van der Waals surface area contributed by atoms with Gasteiger partial charge >= 0.3 is 11.4 Å². The summed E-state index contributed by atoms with van der Waals surface area (Å²) >= 11 is 5.63. The number of aliphatic hydroxyl groups is 1. The molecule has 1 aliphatic rings. The van der Waals surface area contributed by atoms with Gasteiger partial charge < -0.3 is 20.0 Å². The van der Waals surface area contributed by atoms with Crippen LogP contribution in [0.5, 0.6) is 0 Å². The number of benzene rings is 1. The number of nitrogens with zero attached hydrogens (tertiary/aromatic N) is 5. The molecule has 6 rings (SSSR count). The van der Waals surface area contributed by atoms with Crippen LogP contribution >= 0.6 is 11.6 Å². The highest BCUT2D eigenvalue weighted by molar-refractivity contribution is 6.33. The molecule has 4 aromatic heterocycles. The van der Waals surface area contributed by atoms with E-state index in [0.717, 1.165) is 5.56 Å². The first kappa shape index (κ1) is 22.7. The smallest absolute Gasteiger partial charge is 0.325 e. The van der Waals surface area contributed by atoms with Gasteiger partial charge in [-0.15, -0.1) is 0 Å². The number of fused-ring (bicyclic) bond motifs is 2. The van der Waals surface area contributed by atoms with Crippen LogP contribution in [0.2, 0.25) is 5.15 Å². The largest absolute Gasteiger partial charge is 0.389 e. The van der Waals surface area contributed by atoms with E-state index in [1.165, 1.54) is 12.7 Å². The number of imidazole rings is 2. The molecule has 0 amide bonds. The Morgan fingerprint density at radius 2 is 1.46 bits per heavy atom. The van der Waals surface area contributed by atoms with Crippen molar-refractivity contribution < 1.29 is 5.11 Å². The van der Waals surface area contributed by atoms with Gasteiger partial charge in [-0.25, -0.2) is 29.5 Å². The molecular weight excluding hydrogens is 474 g/mol. The summed E-state index contributed by atoms with van der Waals surface area (Å²) in [5, 5.41) is 11.1. The SMILES string of the molecule is O=c1[nH]c2ncnc(Cl)c2[nH]1.O=c1[nH]c2ncnc(N3CCC(O)(Cc4ccccc4)CC3)c2[nH]1. The van der Waals surface area contributed by atoms with Crippen molar-refractivity contribution in [2.75, 3.05) is 18.0 Å². The van der Waals surface area contributed by atoms with Crippen LogP contribution < -0.4 is 16.3 Å². The third-order valence-electron chi connectivity index (χ3n) is 5.94. The van der Waals surface area contributed by atoms with Gasteiger partial charge in [-0.3, -0.25) is 9.97 Å². The Morgan fingerprint density at radius 1 is 0.857 bits per heavy atom. The first-order chi connectivity index (χ1) is 16.9. The molecule has 1 saturated heterocycles. The Bertz CT molecular complexity index is 1570. The number of nitrogens with one attached hydrogen (secondary N) is 4. The average Bonchev–Trinajstić information content (AvgIpc) is 3.42. The lowest BCUT2D eigenvalue weighted by Gasteiger charge is -2.38. The highest BCUT2D eigenvalue weighted by Gasteiger charge is 2.33. The van der Waals surface area contributed by atoms with Gasteiger partial charge in [0.05, 0.1) is 5.60 Å². The van der Waals surface area contributed by atoms with Crippen molar-refractivity contribution in [3.8, 4) is 0 Å². The van der Waals surface area contributed by atoms with Gasteiger partial charge in [0, 0.05) is 19.5 Å². The number of aromatic nitrogens is 8. The number of aromatic amines is 4. The summed E-state index contributed by atoms with van der Waals surface area (Å²) < 4.78 is 0. The van der Waals surface area contributed by atoms with Gasteiger partial charge in [-0.05, 0) is 18.4 Å². The summed E-state index contributed by atoms with van der Waals surface area (Å²) in [4.78, 5) is 50.4. The minimum atomic E-state index is -0.699. The van der Waals surface area contributed by atoms with Gasteiger partial charge in [0.1, 0.15) is 23.7 Å². The maximum absolute atomic E-state index is 11.5. The lowest BCUT2D eigenvalue weighted by Crippen LogP contribution is -2.46. The van der Waals surface area contributed by atoms with Crippen molar-refractivity contribution in [1.29, 1.82) is 0 Å². The summed E-state index contributed by atoms with van der Waals surface area (Å²) in [6.07, 6.45) is 4.70. The molecule has 5 aromatic rings. The number of halogens is 1. The van der Waals surface area contributed by atoms with E-state index in [1.807, 2.05) is 30.3 Å². The number of H-pyrrole nitrogens is 4. The summed E-state index contributed by atoms with van der Waals surface area (Å²) in [6, 6.07) is 10.1. The molecule has 0 bridgehead atoms. The van der Waals surface area contributed by atoms with Crippen LogP contribution in [0.1, 0.15) is 18.4 Å². The molecule has 0 unspecified atom stereocenters. The van der Waals surface area contributed by atoms with E-state index < -0.39 is 5.60 Å². The number of anilines is 1. The normalized spacial score (nSPS) is 15.2. The Morgan fingerprint density at radius 3 is 2.11 bits per heavy atom. The van der Waals surface area contributed by atoms with Crippen molar-refractivity contribution in [2.24, 2.45) is 0 Å². The fourth-order valence-corrected chi connectivity index (χ4v) is 4.37. The zero-order chi connectivity index (χ0) is 24.4. The van der Waals surface area contributed by atoms with Gasteiger partial charge in [0.2, 0.25) is 0 Å². The summed E-state index contributed by atoms with van der Waals surface area (Å²) in [7, 11) is 0. The topological polar surface area (TPSA) is 172 Å². The van der Waals surface area contributed by atoms with Crippen molar-refractivity contribution in [1.82, 2.24) is 39.9 Å². The molecule has 0 spiro atoms. The molecule has 0 aliphatic carbocycles. The molecule has 1 aliphatic heterocycles. The molecule has 180 valence electrons. The molecule has 1 fully saturated rings. The summed E-state index contributed by atoms with van der Waals surface area (Å²) in [5.41, 5.74) is 1.83. The maximum Gasteiger partial charge on any atom is 0.325 e. The third kappa shape index (κ3) is 4.93. The monoisotopic (exact) mass is 495 g/mol. The zero-order valence-corrected chi connectivity index (χ0v) is 19.2. The molecular formula is C22H22ClN9O3. The average molecular weight is 496 g/mol. The molecule has 5 N–H and O–H groups in total.